The van der Waals surface area contributed by atoms with E-state index < -0.39 is 0 Å². The lowest BCUT2D eigenvalue weighted by Crippen LogP contribution is -2.32. The van der Waals surface area contributed by atoms with Gasteiger partial charge in [-0.05, 0) is 29.8 Å². The predicted octanol–water partition coefficient (Wildman–Crippen LogP) is 2.31. The summed E-state index contributed by atoms with van der Waals surface area (Å²) in [5.41, 5.74) is 5.33. The lowest BCUT2D eigenvalue weighted by Gasteiger charge is -2.31. The third-order valence-electron chi connectivity index (χ3n) is 4.13. The quantitative estimate of drug-likeness (QED) is 0.789. The van der Waals surface area contributed by atoms with Crippen molar-refractivity contribution in [2.75, 3.05) is 11.4 Å². The summed E-state index contributed by atoms with van der Waals surface area (Å²) < 4.78 is 0.585. The van der Waals surface area contributed by atoms with Crippen LogP contribution in [0.5, 0.6) is 0 Å². The summed E-state index contributed by atoms with van der Waals surface area (Å²) in [6.07, 6.45) is 1.07. The summed E-state index contributed by atoms with van der Waals surface area (Å²) in [6.45, 7) is 3.67. The van der Waals surface area contributed by atoms with Crippen molar-refractivity contribution in [3.63, 3.8) is 0 Å². The molecule has 3 heterocycles. The van der Waals surface area contributed by atoms with Gasteiger partial charge in [0.25, 0.3) is 0 Å². The van der Waals surface area contributed by atoms with Gasteiger partial charge in [0, 0.05) is 37.4 Å². The molecule has 0 saturated carbocycles. The molecule has 2 aliphatic rings. The van der Waals surface area contributed by atoms with E-state index in [0.29, 0.717) is 4.77 Å². The number of nitrogens with one attached hydrogen (secondary N) is 2. The molecular weight excluding hydrogens is 268 g/mol. The van der Waals surface area contributed by atoms with Crippen molar-refractivity contribution in [2.45, 2.75) is 26.1 Å². The van der Waals surface area contributed by atoms with E-state index in [1.807, 2.05) is 0 Å². The maximum Gasteiger partial charge on any atom is 0.199 e. The molecule has 0 saturated heterocycles. The molecule has 1 aromatic carbocycles. The van der Waals surface area contributed by atoms with E-state index in [-0.39, 0.29) is 0 Å². The Morgan fingerprint density at radius 3 is 2.90 bits per heavy atom. The average molecular weight is 284 g/mol. The lowest BCUT2D eigenvalue weighted by atomic mass is 9.99. The Bertz CT molecular complexity index is 722. The topological polar surface area (TPSA) is 44.0 Å². The van der Waals surface area contributed by atoms with Crippen molar-refractivity contribution in [2.24, 2.45) is 0 Å². The fraction of sp³-hybridized carbons (Fsp3) is 0.333. The largest absolute Gasteiger partial charge is 0.352 e. The number of hydrogen-bond acceptors (Lipinski definition) is 4. The molecule has 0 unspecified atom stereocenters. The van der Waals surface area contributed by atoms with Gasteiger partial charge in [0.15, 0.2) is 4.77 Å². The van der Waals surface area contributed by atoms with Gasteiger partial charge in [0.05, 0.1) is 0 Å². The molecule has 0 aliphatic carbocycles. The maximum absolute atomic E-state index is 5.27. The zero-order chi connectivity index (χ0) is 13.5. The van der Waals surface area contributed by atoms with E-state index in [1.165, 1.54) is 22.4 Å². The van der Waals surface area contributed by atoms with Crippen molar-refractivity contribution in [3.05, 3.63) is 51.4 Å². The van der Waals surface area contributed by atoms with Crippen LogP contribution < -0.4 is 10.2 Å². The van der Waals surface area contributed by atoms with Crippen LogP contribution in [0.1, 0.15) is 22.4 Å². The Kier molecular flexibility index (Phi) is 2.82. The number of nitrogens with zero attached hydrogens (tertiary/aromatic N) is 2. The van der Waals surface area contributed by atoms with Gasteiger partial charge >= 0.3 is 0 Å². The second-order valence-corrected chi connectivity index (χ2v) is 5.75. The van der Waals surface area contributed by atoms with Crippen LogP contribution in [0, 0.1) is 4.77 Å². The van der Waals surface area contributed by atoms with E-state index >= 15 is 0 Å². The highest BCUT2D eigenvalue weighted by Gasteiger charge is 2.23. The molecule has 0 atom stereocenters. The molecule has 20 heavy (non-hydrogen) atoms. The number of benzene rings is 1. The van der Waals surface area contributed by atoms with E-state index in [1.54, 1.807) is 0 Å². The summed E-state index contributed by atoms with van der Waals surface area (Å²) in [5, 5.41) is 3.37. The molecule has 0 amide bonds. The normalized spacial score (nSPS) is 16.9. The maximum atomic E-state index is 5.27. The van der Waals surface area contributed by atoms with Gasteiger partial charge in [-0.1, -0.05) is 24.3 Å². The SMILES string of the molecule is S=c1nc(N2CCc3ccccc3C2)c2c([nH]1)CNC2. The standard InChI is InChI=1S/C15H16N4S/c20-15-17-13-8-16-7-12(13)14(18-15)19-6-5-10-3-1-2-4-11(10)9-19/h1-4,16H,5-9H2,(H,17,18,20). The molecule has 2 aliphatic heterocycles. The van der Waals surface area contributed by atoms with E-state index in [9.17, 15) is 0 Å². The van der Waals surface area contributed by atoms with E-state index in [0.717, 1.165) is 38.4 Å². The van der Waals surface area contributed by atoms with Crippen LogP contribution in [-0.4, -0.2) is 16.5 Å². The molecule has 4 rings (SSSR count). The Labute approximate surface area is 122 Å². The first-order valence-corrected chi connectivity index (χ1v) is 7.36. The van der Waals surface area contributed by atoms with Gasteiger partial charge < -0.3 is 15.2 Å². The van der Waals surface area contributed by atoms with Gasteiger partial charge in [-0.2, -0.15) is 0 Å². The molecule has 0 radical (unpaired) electrons. The Morgan fingerprint density at radius 2 is 2.00 bits per heavy atom. The van der Waals surface area contributed by atoms with Crippen molar-refractivity contribution >= 4 is 18.0 Å². The molecule has 102 valence electrons. The molecule has 0 bridgehead atoms. The third kappa shape index (κ3) is 1.94. The molecule has 2 N–H and O–H groups in total. The molecule has 1 aromatic heterocycles. The highest BCUT2D eigenvalue weighted by molar-refractivity contribution is 7.71. The first-order valence-electron chi connectivity index (χ1n) is 6.96. The Hall–Kier alpha value is -1.72. The van der Waals surface area contributed by atoms with Crippen LogP contribution in [0.2, 0.25) is 0 Å². The number of anilines is 1. The van der Waals surface area contributed by atoms with Gasteiger partial charge in [-0.25, -0.2) is 4.98 Å². The van der Waals surface area contributed by atoms with Crippen LogP contribution in [-0.2, 0) is 26.1 Å². The monoisotopic (exact) mass is 284 g/mol. The minimum Gasteiger partial charge on any atom is -0.352 e. The first-order chi connectivity index (χ1) is 9.81. The number of fused-ring (bicyclic) bond motifs is 2. The minimum atomic E-state index is 0.585. The summed E-state index contributed by atoms with van der Waals surface area (Å²) in [5.74, 6) is 1.06. The summed E-state index contributed by atoms with van der Waals surface area (Å²) >= 11 is 5.27. The predicted molar refractivity (Wildman–Crippen MR) is 81.2 cm³/mol. The van der Waals surface area contributed by atoms with Crippen LogP contribution in [0.25, 0.3) is 0 Å². The van der Waals surface area contributed by atoms with E-state index in [4.69, 9.17) is 12.2 Å². The molecule has 0 fully saturated rings. The zero-order valence-electron chi connectivity index (χ0n) is 11.1. The second-order valence-electron chi connectivity index (χ2n) is 5.37. The fourth-order valence-electron chi connectivity index (χ4n) is 3.12. The summed E-state index contributed by atoms with van der Waals surface area (Å²) in [7, 11) is 0. The van der Waals surface area contributed by atoms with Crippen LogP contribution in [0.15, 0.2) is 24.3 Å². The number of aromatic nitrogens is 2. The molecule has 4 nitrogen and oxygen atoms in total. The van der Waals surface area contributed by atoms with Gasteiger partial charge in [0.2, 0.25) is 0 Å². The van der Waals surface area contributed by atoms with Crippen molar-refractivity contribution in [1.82, 2.24) is 15.3 Å². The Balaban J connectivity index is 1.75. The zero-order valence-corrected chi connectivity index (χ0v) is 12.0. The first kappa shape index (κ1) is 12.1. The molecular formula is C15H16N4S. The van der Waals surface area contributed by atoms with Gasteiger partial charge in [0.1, 0.15) is 5.82 Å². The molecule has 0 spiro atoms. The second kappa shape index (κ2) is 4.68. The summed E-state index contributed by atoms with van der Waals surface area (Å²) in [6, 6.07) is 8.67. The van der Waals surface area contributed by atoms with E-state index in [2.05, 4.69) is 44.5 Å². The lowest BCUT2D eigenvalue weighted by molar-refractivity contribution is 0.710. The smallest absolute Gasteiger partial charge is 0.199 e. The number of H-pyrrole nitrogens is 1. The van der Waals surface area contributed by atoms with Crippen LogP contribution in [0.4, 0.5) is 5.82 Å². The average Bonchev–Trinajstić information content (AvgIpc) is 2.94. The molecule has 2 aromatic rings. The molecule has 5 heteroatoms. The highest BCUT2D eigenvalue weighted by atomic mass is 32.1. The minimum absolute atomic E-state index is 0.585. The van der Waals surface area contributed by atoms with Gasteiger partial charge in [-0.3, -0.25) is 0 Å². The van der Waals surface area contributed by atoms with Crippen LogP contribution >= 0.6 is 12.2 Å². The van der Waals surface area contributed by atoms with Crippen molar-refractivity contribution in [3.8, 4) is 0 Å². The number of rotatable bonds is 1. The number of aromatic amines is 1. The van der Waals surface area contributed by atoms with Crippen molar-refractivity contribution in [1.29, 1.82) is 0 Å². The van der Waals surface area contributed by atoms with Gasteiger partial charge in [-0.15, -0.1) is 0 Å². The number of hydrogen-bond donors (Lipinski definition) is 2. The van der Waals surface area contributed by atoms with Crippen molar-refractivity contribution < 1.29 is 0 Å². The summed E-state index contributed by atoms with van der Waals surface area (Å²) in [4.78, 5) is 10.1. The Morgan fingerprint density at radius 1 is 1.15 bits per heavy atom. The van der Waals surface area contributed by atoms with Crippen LogP contribution in [0.3, 0.4) is 0 Å². The highest BCUT2D eigenvalue weighted by Crippen LogP contribution is 2.28. The third-order valence-corrected chi connectivity index (χ3v) is 4.33. The fourth-order valence-corrected chi connectivity index (χ4v) is 3.33.